The van der Waals surface area contributed by atoms with E-state index >= 15 is 0 Å². The van der Waals surface area contributed by atoms with Crippen LogP contribution in [-0.4, -0.2) is 14.1 Å². The van der Waals surface area contributed by atoms with Gasteiger partial charge in [-0.3, -0.25) is 0 Å². The van der Waals surface area contributed by atoms with Crippen LogP contribution >= 0.6 is 0 Å². The van der Waals surface area contributed by atoms with Crippen molar-refractivity contribution in [2.24, 2.45) is 0 Å². The van der Waals surface area contributed by atoms with Crippen molar-refractivity contribution >= 4 is 54.8 Å². The smallest absolute Gasteiger partial charge is 0.151 e. The topological polar surface area (TPSA) is 35.9 Å². The molecule has 5 heteroatoms. The minimum absolute atomic E-state index is 0. The first kappa shape index (κ1) is 31.8. The van der Waals surface area contributed by atoms with Crippen molar-refractivity contribution in [1.82, 2.24) is 14.1 Å². The molecule has 0 saturated carbocycles. The van der Waals surface area contributed by atoms with E-state index in [1.165, 1.54) is 5.56 Å². The molecule has 0 atom stereocenters. The monoisotopic (exact) mass is 825 g/mol. The van der Waals surface area contributed by atoms with E-state index in [0.29, 0.717) is 0 Å². The summed E-state index contributed by atoms with van der Waals surface area (Å²) in [5.74, 6) is 0.865. The first-order valence-electron chi connectivity index (χ1n) is 16.6. The Morgan fingerprint density at radius 2 is 1.26 bits per heavy atom. The summed E-state index contributed by atoms with van der Waals surface area (Å²) in [6.07, 6.45) is 1.92. The van der Waals surface area contributed by atoms with E-state index in [9.17, 15) is 0 Å². The number of hydrogen-bond donors (Lipinski definition) is 0. The van der Waals surface area contributed by atoms with Gasteiger partial charge in [-0.1, -0.05) is 85.7 Å². The minimum atomic E-state index is -0.0310. The van der Waals surface area contributed by atoms with Gasteiger partial charge in [0.25, 0.3) is 0 Å². The Labute approximate surface area is 305 Å². The molecule has 9 rings (SSSR count). The van der Waals surface area contributed by atoms with Crippen molar-refractivity contribution in [3.63, 3.8) is 0 Å². The third-order valence-electron chi connectivity index (χ3n) is 9.28. The van der Waals surface area contributed by atoms with Crippen molar-refractivity contribution in [3.05, 3.63) is 163 Å². The molecule has 0 radical (unpaired) electrons. The summed E-state index contributed by atoms with van der Waals surface area (Å²) in [5, 5.41) is 4.24. The molecule has 0 amide bonds. The van der Waals surface area contributed by atoms with Crippen LogP contribution in [0.4, 0.5) is 0 Å². The maximum absolute atomic E-state index is 6.73. The predicted octanol–water partition coefficient (Wildman–Crippen LogP) is 11.5. The third kappa shape index (κ3) is 5.32. The fraction of sp³-hybridized carbons (Fsp3) is 0.0889. The fourth-order valence-electron chi connectivity index (χ4n) is 6.85. The van der Waals surface area contributed by atoms with Crippen molar-refractivity contribution in [2.75, 3.05) is 0 Å². The molecule has 9 aromatic rings. The van der Waals surface area contributed by atoms with E-state index in [1.807, 2.05) is 48.7 Å². The number of benzene rings is 6. The van der Waals surface area contributed by atoms with Gasteiger partial charge in [-0.2, -0.15) is 48.5 Å². The normalized spacial score (nSPS) is 11.7. The van der Waals surface area contributed by atoms with Gasteiger partial charge in [-0.25, -0.2) is 16.1 Å². The minimum Gasteiger partial charge on any atom is -0.456 e. The molecule has 3 heterocycles. The Bertz CT molecular complexity index is 2760. The first-order chi connectivity index (χ1) is 23.9. The van der Waals surface area contributed by atoms with E-state index in [-0.39, 0.29) is 26.5 Å². The average molecular weight is 826 g/mol. The molecule has 0 aliphatic carbocycles. The van der Waals surface area contributed by atoms with Gasteiger partial charge in [0.2, 0.25) is 0 Å². The Hall–Kier alpha value is -5.44. The van der Waals surface area contributed by atoms with Gasteiger partial charge in [0.05, 0.1) is 5.52 Å². The molecule has 6 aromatic carbocycles. The standard InChI is InChI=1S/C45H32N3O.Pt/c1-45(2,3)32-24-25-46-44(27-32)48-38-20-9-7-18-34(38)36-28-37-35-19-8-11-22-42(35)49-43-23-12-10-21-39(43)47(40(37)29-41(36)48)33-17-13-16-31(26-33)30-14-5-4-6-15-30;/h4-14,16-25,27-28H,1-3H3;/q-3;. The molecule has 0 aliphatic rings. The van der Waals surface area contributed by atoms with Crippen LogP contribution in [0, 0.1) is 18.2 Å². The van der Waals surface area contributed by atoms with E-state index in [4.69, 9.17) is 9.40 Å². The van der Waals surface area contributed by atoms with Crippen LogP contribution in [0.15, 0.2) is 144 Å². The van der Waals surface area contributed by atoms with E-state index in [2.05, 4.69) is 139 Å². The second kappa shape index (κ2) is 12.5. The third-order valence-corrected chi connectivity index (χ3v) is 9.28. The molecule has 0 saturated heterocycles. The summed E-state index contributed by atoms with van der Waals surface area (Å²) in [7, 11) is 0. The van der Waals surface area contributed by atoms with Crippen LogP contribution in [0.25, 0.3) is 77.4 Å². The van der Waals surface area contributed by atoms with Crippen molar-refractivity contribution < 1.29 is 25.5 Å². The molecule has 0 aliphatic heterocycles. The maximum atomic E-state index is 6.73. The summed E-state index contributed by atoms with van der Waals surface area (Å²) in [6.45, 7) is 6.71. The Balaban J connectivity index is 0.00000361. The SMILES string of the molecule is CC(C)(C)c1ccnc(-n2c3[c-]c4c(cc3c3ccccc32)c2ccccc2oc2ccccc2n4-c2[c-]c(-c3[c-]cccc3)ccc2)c1.[Pt]. The summed E-state index contributed by atoms with van der Waals surface area (Å²) >= 11 is 0. The zero-order valence-corrected chi connectivity index (χ0v) is 30.1. The number of nitrogens with zero attached hydrogens (tertiary/aromatic N) is 3. The molecule has 4 nitrogen and oxygen atoms in total. The van der Waals surface area contributed by atoms with E-state index in [1.54, 1.807) is 0 Å². The summed E-state index contributed by atoms with van der Waals surface area (Å²) < 4.78 is 11.2. The van der Waals surface area contributed by atoms with Crippen LogP contribution < -0.4 is 0 Å². The van der Waals surface area contributed by atoms with Crippen LogP contribution in [0.1, 0.15) is 26.3 Å². The van der Waals surface area contributed by atoms with Crippen LogP contribution in [0.5, 0.6) is 0 Å². The zero-order valence-electron chi connectivity index (χ0n) is 27.8. The van der Waals surface area contributed by atoms with Gasteiger partial charge < -0.3 is 13.6 Å². The number of para-hydroxylation sites is 4. The molecule has 0 fully saturated rings. The molecule has 246 valence electrons. The number of pyridine rings is 1. The predicted molar refractivity (Wildman–Crippen MR) is 201 cm³/mol. The van der Waals surface area contributed by atoms with Crippen molar-refractivity contribution in [2.45, 2.75) is 26.2 Å². The fourth-order valence-corrected chi connectivity index (χ4v) is 6.85. The second-order valence-electron chi connectivity index (χ2n) is 13.4. The van der Waals surface area contributed by atoms with Gasteiger partial charge in [-0.05, 0) is 63.8 Å². The number of fused-ring (bicyclic) bond motifs is 7. The van der Waals surface area contributed by atoms with Gasteiger partial charge in [-0.15, -0.1) is 23.6 Å². The van der Waals surface area contributed by atoms with Crippen molar-refractivity contribution in [3.8, 4) is 22.6 Å². The molecule has 50 heavy (non-hydrogen) atoms. The second-order valence-corrected chi connectivity index (χ2v) is 13.4. The largest absolute Gasteiger partial charge is 0.456 e. The molecular weight excluding hydrogens is 794 g/mol. The molecule has 0 spiro atoms. The van der Waals surface area contributed by atoms with E-state index < -0.39 is 0 Å². The van der Waals surface area contributed by atoms with Gasteiger partial charge in [0.15, 0.2) is 5.58 Å². The molecule has 0 unspecified atom stereocenters. The van der Waals surface area contributed by atoms with E-state index in [0.717, 1.165) is 77.4 Å². The maximum Gasteiger partial charge on any atom is 0.151 e. The Morgan fingerprint density at radius 1 is 0.580 bits per heavy atom. The van der Waals surface area contributed by atoms with Crippen molar-refractivity contribution in [1.29, 1.82) is 0 Å². The number of rotatable bonds is 3. The van der Waals surface area contributed by atoms with Gasteiger partial charge in [0, 0.05) is 32.8 Å². The quantitative estimate of drug-likeness (QED) is 0.166. The first-order valence-corrected chi connectivity index (χ1v) is 16.6. The van der Waals surface area contributed by atoms with Crippen LogP contribution in [-0.2, 0) is 26.5 Å². The molecule has 0 bridgehead atoms. The number of aromatic nitrogens is 3. The van der Waals surface area contributed by atoms with Crippen LogP contribution in [0.3, 0.4) is 0 Å². The molecule has 0 N–H and O–H groups in total. The summed E-state index contributed by atoms with van der Waals surface area (Å²) in [5.41, 5.74) is 9.38. The van der Waals surface area contributed by atoms with Gasteiger partial charge in [0.1, 0.15) is 11.4 Å². The molecule has 3 aromatic heterocycles. The Morgan fingerprint density at radius 3 is 2.06 bits per heavy atom. The summed E-state index contributed by atoms with van der Waals surface area (Å²) in [4.78, 5) is 4.94. The summed E-state index contributed by atoms with van der Waals surface area (Å²) in [6, 6.07) is 57.0. The number of hydrogen-bond acceptors (Lipinski definition) is 2. The Kier molecular flexibility index (Phi) is 7.93. The van der Waals surface area contributed by atoms with Gasteiger partial charge >= 0.3 is 0 Å². The zero-order chi connectivity index (χ0) is 33.1. The molecular formula is C45H32N3OPt-3. The average Bonchev–Trinajstić information content (AvgIpc) is 3.45. The van der Waals surface area contributed by atoms with Crippen LogP contribution in [0.2, 0.25) is 0 Å².